The zero-order valence-corrected chi connectivity index (χ0v) is 41.8. The summed E-state index contributed by atoms with van der Waals surface area (Å²) in [7, 11) is -15.0. The largest absolute Gasteiger partial charge is 0.490 e. The second-order valence-corrected chi connectivity index (χ2v) is 21.7. The number of methoxy groups -OCH3 is 1. The summed E-state index contributed by atoms with van der Waals surface area (Å²) in [5.41, 5.74) is 12.7. The number of imidazole rings is 1. The number of unbranched alkanes of at least 4 members (excludes halogenated alkanes) is 5. The average Bonchev–Trinajstić information content (AvgIpc) is 4.04. The number of carbonyl (C=O) groups is 2. The summed E-state index contributed by atoms with van der Waals surface area (Å²) in [4.78, 5) is 78.4. The maximum atomic E-state index is 14.1. The third-order valence-corrected chi connectivity index (χ3v) is 16.0. The quantitative estimate of drug-likeness (QED) is 0.0305. The van der Waals surface area contributed by atoms with Crippen LogP contribution in [0.3, 0.4) is 0 Å². The van der Waals surface area contributed by atoms with Crippen LogP contribution in [-0.2, 0) is 63.6 Å². The van der Waals surface area contributed by atoms with Crippen LogP contribution in [0.4, 0.5) is 5.69 Å². The van der Waals surface area contributed by atoms with Crippen molar-refractivity contribution in [3.63, 3.8) is 0 Å². The summed E-state index contributed by atoms with van der Waals surface area (Å²) >= 11 is 0. The Labute approximate surface area is 410 Å². The van der Waals surface area contributed by atoms with Gasteiger partial charge in [-0.25, -0.2) is 39.1 Å². The molecule has 0 spiro atoms. The number of phosphoric ester groups is 1. The van der Waals surface area contributed by atoms with Crippen LogP contribution >= 0.6 is 23.5 Å². The van der Waals surface area contributed by atoms with Gasteiger partial charge in [-0.3, -0.25) is 18.7 Å². The first-order valence-electron chi connectivity index (χ1n) is 23.4. The lowest BCUT2D eigenvalue weighted by molar-refractivity contribution is -0.122. The summed E-state index contributed by atoms with van der Waals surface area (Å²) < 4.78 is 64.7. The molecular weight excluding hydrogens is 991 g/mol. The molecule has 2 fully saturated rings. The van der Waals surface area contributed by atoms with E-state index in [1.807, 2.05) is 35.2 Å². The van der Waals surface area contributed by atoms with E-state index in [4.69, 9.17) is 28.5 Å². The number of nitrogens with one attached hydrogen (secondary N) is 3. The molecule has 8 N–H and O–H groups in total. The Morgan fingerprint density at radius 2 is 1.61 bits per heavy atom. The van der Waals surface area contributed by atoms with Crippen LogP contribution in [0.5, 0.6) is 0 Å². The summed E-state index contributed by atoms with van der Waals surface area (Å²) in [6.07, 6.45) is 6.56. The topological polar surface area (TPSA) is 328 Å². The van der Waals surface area contributed by atoms with Gasteiger partial charge >= 0.3 is 23.5 Å². The molecule has 28 heteroatoms. The van der Waals surface area contributed by atoms with E-state index in [0.717, 1.165) is 61.0 Å². The number of carbonyl (C=O) groups excluding carboxylic acids is 2. The fourth-order valence-electron chi connectivity index (χ4n) is 8.95. The van der Waals surface area contributed by atoms with E-state index in [9.17, 15) is 38.2 Å². The molecule has 0 aliphatic carbocycles. The van der Waals surface area contributed by atoms with Crippen molar-refractivity contribution < 1.29 is 75.3 Å². The van der Waals surface area contributed by atoms with Crippen LogP contribution in [-0.4, -0.2) is 120 Å². The number of aliphatic hydroxyl groups excluding tert-OH is 1. The lowest BCUT2D eigenvalue weighted by Crippen LogP contribution is -2.38. The van der Waals surface area contributed by atoms with Crippen LogP contribution in [0.25, 0.3) is 11.2 Å². The Morgan fingerprint density at radius 3 is 2.41 bits per heavy atom. The summed E-state index contributed by atoms with van der Waals surface area (Å²) in [6, 6.07) is 16.2. The number of ether oxygens (including phenoxy) is 3. The predicted molar refractivity (Wildman–Crippen MR) is 253 cm³/mol. The molecule has 2 amide bonds. The highest BCUT2D eigenvalue weighted by Gasteiger charge is 2.44. The molecule has 0 saturated carbocycles. The molecule has 390 valence electrons. The Kier molecular flexibility index (Phi) is 19.6. The zero-order chi connectivity index (χ0) is 50.6. The molecule has 4 aromatic rings. The van der Waals surface area contributed by atoms with Gasteiger partial charge < -0.3 is 49.1 Å². The number of phosphoric acid groups is 3. The smallest absolute Gasteiger partial charge is 0.388 e. The summed E-state index contributed by atoms with van der Waals surface area (Å²) in [6.45, 7) is 2.28. The number of benzene rings is 2. The van der Waals surface area contributed by atoms with Gasteiger partial charge in [-0.15, -0.1) is 0 Å². The third-order valence-electron chi connectivity index (χ3n) is 12.2. The van der Waals surface area contributed by atoms with Crippen molar-refractivity contribution in [3.05, 3.63) is 83.6 Å². The lowest BCUT2D eigenvalue weighted by atomic mass is 9.87. The Bertz CT molecular complexity index is 2570. The number of aryl methyl sites for hydroxylation is 1. The van der Waals surface area contributed by atoms with E-state index in [1.165, 1.54) is 17.2 Å². The van der Waals surface area contributed by atoms with E-state index in [2.05, 4.69) is 63.1 Å². The lowest BCUT2D eigenvalue weighted by Gasteiger charge is -2.35. The van der Waals surface area contributed by atoms with Crippen LogP contribution in [0, 0.1) is 0 Å². The second-order valence-electron chi connectivity index (χ2n) is 17.3. The number of hydrogen-bond donors (Lipinski definition) is 8. The van der Waals surface area contributed by atoms with E-state index in [0.29, 0.717) is 81.9 Å². The molecule has 7 atom stereocenters. The number of aromatic nitrogens is 4. The highest BCUT2D eigenvalue weighted by atomic mass is 31.3. The number of hydrazine groups is 2. The molecule has 7 unspecified atom stereocenters. The van der Waals surface area contributed by atoms with Crippen molar-refractivity contribution in [1.82, 2.24) is 40.8 Å². The Hall–Kier alpha value is -3.94. The molecule has 5 heterocycles. The monoisotopic (exact) mass is 1050 g/mol. The second kappa shape index (κ2) is 25.3. The number of para-hydroxylation sites is 1. The minimum atomic E-state index is -5.69. The third kappa shape index (κ3) is 15.3. The van der Waals surface area contributed by atoms with E-state index >= 15 is 0 Å². The van der Waals surface area contributed by atoms with Gasteiger partial charge in [0, 0.05) is 45.1 Å². The van der Waals surface area contributed by atoms with E-state index < -0.39 is 48.5 Å². The molecule has 25 nitrogen and oxygen atoms in total. The van der Waals surface area contributed by atoms with E-state index in [-0.39, 0.29) is 30.3 Å². The molecule has 7 rings (SSSR count). The number of anilines is 1. The van der Waals surface area contributed by atoms with Gasteiger partial charge in [-0.1, -0.05) is 61.7 Å². The first-order valence-corrected chi connectivity index (χ1v) is 27.9. The van der Waals surface area contributed by atoms with Crippen LogP contribution in [0.1, 0.15) is 105 Å². The van der Waals surface area contributed by atoms with Gasteiger partial charge in [-0.2, -0.15) is 14.2 Å². The molecule has 3 aliphatic rings. The number of amides is 2. The molecule has 2 aromatic carbocycles. The minimum absolute atomic E-state index is 0.00728. The Balaban J connectivity index is 0.883. The fraction of sp³-hybridized carbons (Fsp3) is 0.558. The molecule has 71 heavy (non-hydrogen) atoms. The van der Waals surface area contributed by atoms with Crippen molar-refractivity contribution >= 4 is 52.1 Å². The van der Waals surface area contributed by atoms with Crippen LogP contribution in [0.2, 0.25) is 0 Å². The molecule has 2 saturated heterocycles. The number of aliphatic hydroxyl groups is 1. The molecule has 0 bridgehead atoms. The number of hydrogen-bond acceptors (Lipinski definition) is 18. The fourth-order valence-corrected chi connectivity index (χ4v) is 12.0. The van der Waals surface area contributed by atoms with Gasteiger partial charge in [0.05, 0.1) is 63.2 Å². The van der Waals surface area contributed by atoms with Gasteiger partial charge in [-0.05, 0) is 54.9 Å². The minimum Gasteiger partial charge on any atom is -0.388 e. The van der Waals surface area contributed by atoms with Gasteiger partial charge in [0.25, 0.3) is 0 Å². The predicted octanol–water partition coefficient (Wildman–Crippen LogP) is 4.30. The first kappa shape index (κ1) is 54.8. The number of rotatable bonds is 27. The Morgan fingerprint density at radius 1 is 0.859 bits per heavy atom. The molecule has 0 radical (unpaired) electrons. The van der Waals surface area contributed by atoms with Crippen LogP contribution in [0.15, 0.2) is 61.2 Å². The van der Waals surface area contributed by atoms with E-state index in [1.54, 1.807) is 7.11 Å². The van der Waals surface area contributed by atoms with Crippen molar-refractivity contribution in [2.24, 2.45) is 0 Å². The molecule has 3 aliphatic heterocycles. The van der Waals surface area contributed by atoms with Gasteiger partial charge in [0.2, 0.25) is 11.8 Å². The molecule has 2 aromatic heterocycles. The van der Waals surface area contributed by atoms with Crippen molar-refractivity contribution in [2.45, 2.75) is 108 Å². The average molecular weight is 1050 g/mol. The maximum Gasteiger partial charge on any atom is 0.490 e. The van der Waals surface area contributed by atoms with Gasteiger partial charge in [0.1, 0.15) is 17.9 Å². The highest BCUT2D eigenvalue weighted by molar-refractivity contribution is 7.66. The van der Waals surface area contributed by atoms with Crippen molar-refractivity contribution in [3.8, 4) is 0 Å². The van der Waals surface area contributed by atoms with Crippen molar-refractivity contribution in [1.29, 1.82) is 0 Å². The highest BCUT2D eigenvalue weighted by Crippen LogP contribution is 2.66. The number of fused-ring (bicyclic) bond motifs is 6. The standard InChI is InChI=1S/C43H62N9O16P3/c1-63-23-24-64-22-20-44-37(54)18-10-11-19-38(55)50-26-30-13-6-7-14-32(30)39-41(33-15-8-9-17-35(33)50)52(49-48-39)21-12-4-2-3-5-16-34-40-42(46-28-45-34)51(29-47-40)43-36(53)25-31(66-43)27-65-70(59,60)68-71(61,62)67-69(56,57)58/h6-9,13-15,17,28-29,31,36,39,41,43,48-49,53H,2-5,10-12,16,18-27H2,1H3,(H,44,54)(H,59,60)(H,61,62)(H2,56,57,58). The van der Waals surface area contributed by atoms with Gasteiger partial charge in [0.15, 0.2) is 11.9 Å². The zero-order valence-electron chi connectivity index (χ0n) is 39.1. The molecular formula is C43H62N9O16P3. The summed E-state index contributed by atoms with van der Waals surface area (Å²) in [5, 5.41) is 15.9. The normalized spacial score (nSPS) is 22.0. The van der Waals surface area contributed by atoms with Crippen LogP contribution < -0.4 is 21.2 Å². The first-order chi connectivity index (χ1) is 34.0. The van der Waals surface area contributed by atoms with Crippen molar-refractivity contribution in [2.75, 3.05) is 51.5 Å². The maximum absolute atomic E-state index is 14.1. The summed E-state index contributed by atoms with van der Waals surface area (Å²) in [5.74, 6) is -0.0573. The SMILES string of the molecule is COCCOCCNC(=O)CCCCC(=O)N1Cc2ccccc2C2NNN(CCCCCCCc3ncnc4c3ncn4C3OC(COP(=O)(O)OP(=O)(O)OP(=O)(O)O)CC3O)C2c2ccccc21. The number of nitrogens with zero attached hydrogens (tertiary/aromatic N) is 6.